The number of aryl methyl sites for hydroxylation is 1. The number of ether oxygens (including phenoxy) is 1. The monoisotopic (exact) mass is 308 g/mol. The Kier molecular flexibility index (Phi) is 3.52. The van der Waals surface area contributed by atoms with Crippen LogP contribution in [0.4, 0.5) is 0 Å². The van der Waals surface area contributed by atoms with E-state index in [0.717, 1.165) is 41.8 Å². The number of nitrogens with zero attached hydrogens (tertiary/aromatic N) is 1. The third-order valence-corrected chi connectivity index (χ3v) is 4.55. The van der Waals surface area contributed by atoms with Gasteiger partial charge in [-0.05, 0) is 43.0 Å². The lowest BCUT2D eigenvalue weighted by atomic mass is 10.0. The second-order valence-electron chi connectivity index (χ2n) is 6.43. The molecule has 1 aromatic heterocycles. The minimum absolute atomic E-state index is 0.0119. The largest absolute Gasteiger partial charge is 0.487 e. The highest BCUT2D eigenvalue weighted by molar-refractivity contribution is 5.80. The van der Waals surface area contributed by atoms with Gasteiger partial charge in [-0.15, -0.1) is 0 Å². The van der Waals surface area contributed by atoms with Crippen molar-refractivity contribution >= 4 is 5.91 Å². The molecule has 1 fully saturated rings. The number of carbonyl (C=O) groups is 1. The number of nitrogens with one attached hydrogen (secondary N) is 1. The topological polar surface area (TPSA) is 51.2 Å². The van der Waals surface area contributed by atoms with E-state index in [4.69, 9.17) is 4.74 Å². The van der Waals surface area contributed by atoms with Crippen LogP contribution in [0.25, 0.3) is 11.3 Å². The standard InChI is InChI=1S/C19H20N2O2/c1-12-4-3-9-20-17(12)16-6-2-5-14-10-15(23-18(14)16)11-21-19(22)13-7-8-13/h2-6,9,13,15H,7-8,10-11H2,1H3,(H,21,22). The van der Waals surface area contributed by atoms with Crippen molar-refractivity contribution in [3.05, 3.63) is 47.7 Å². The summed E-state index contributed by atoms with van der Waals surface area (Å²) in [5, 5.41) is 3.01. The molecule has 1 aromatic carbocycles. The van der Waals surface area contributed by atoms with Crippen molar-refractivity contribution in [1.29, 1.82) is 0 Å². The van der Waals surface area contributed by atoms with E-state index >= 15 is 0 Å². The number of pyridine rings is 1. The highest BCUT2D eigenvalue weighted by atomic mass is 16.5. The van der Waals surface area contributed by atoms with E-state index in [1.807, 2.05) is 12.3 Å². The van der Waals surface area contributed by atoms with Gasteiger partial charge in [0.25, 0.3) is 0 Å². The molecule has 1 amide bonds. The van der Waals surface area contributed by atoms with Gasteiger partial charge in [-0.25, -0.2) is 0 Å². The summed E-state index contributed by atoms with van der Waals surface area (Å²) in [5.74, 6) is 1.33. The molecule has 23 heavy (non-hydrogen) atoms. The molecule has 0 bridgehead atoms. The molecule has 1 atom stereocenters. The summed E-state index contributed by atoms with van der Waals surface area (Å²) in [4.78, 5) is 16.3. The third-order valence-electron chi connectivity index (χ3n) is 4.55. The maximum atomic E-state index is 11.8. The molecular weight excluding hydrogens is 288 g/mol. The fourth-order valence-electron chi connectivity index (χ4n) is 3.11. The van der Waals surface area contributed by atoms with E-state index in [0.29, 0.717) is 6.54 Å². The van der Waals surface area contributed by atoms with Gasteiger partial charge in [-0.1, -0.05) is 18.2 Å². The molecule has 4 heteroatoms. The molecule has 1 N–H and O–H groups in total. The fraction of sp³-hybridized carbons (Fsp3) is 0.368. The molecule has 118 valence electrons. The van der Waals surface area contributed by atoms with Crippen LogP contribution in [0.5, 0.6) is 5.75 Å². The van der Waals surface area contributed by atoms with Gasteiger partial charge >= 0.3 is 0 Å². The first kappa shape index (κ1) is 14.2. The highest BCUT2D eigenvalue weighted by Gasteiger charge is 2.31. The van der Waals surface area contributed by atoms with Crippen molar-refractivity contribution in [1.82, 2.24) is 10.3 Å². The number of rotatable bonds is 4. The van der Waals surface area contributed by atoms with Crippen LogP contribution in [0, 0.1) is 12.8 Å². The molecule has 0 saturated heterocycles. The van der Waals surface area contributed by atoms with Crippen molar-refractivity contribution in [2.75, 3.05) is 6.54 Å². The molecule has 0 spiro atoms. The summed E-state index contributed by atoms with van der Waals surface area (Å²) < 4.78 is 6.14. The van der Waals surface area contributed by atoms with E-state index in [2.05, 4.69) is 41.5 Å². The van der Waals surface area contributed by atoms with Crippen LogP contribution >= 0.6 is 0 Å². The Hall–Kier alpha value is -2.36. The summed E-state index contributed by atoms with van der Waals surface area (Å²) in [7, 11) is 0. The summed E-state index contributed by atoms with van der Waals surface area (Å²) in [6.45, 7) is 2.63. The van der Waals surface area contributed by atoms with Crippen molar-refractivity contribution in [3.8, 4) is 17.0 Å². The van der Waals surface area contributed by atoms with Crippen molar-refractivity contribution in [2.45, 2.75) is 32.3 Å². The van der Waals surface area contributed by atoms with Gasteiger partial charge < -0.3 is 10.1 Å². The van der Waals surface area contributed by atoms with Gasteiger partial charge in [-0.2, -0.15) is 0 Å². The first-order valence-electron chi connectivity index (χ1n) is 8.20. The molecule has 4 rings (SSSR count). The minimum atomic E-state index is 0.0119. The second kappa shape index (κ2) is 5.69. The van der Waals surface area contributed by atoms with Gasteiger partial charge in [0.15, 0.2) is 0 Å². The van der Waals surface area contributed by atoms with Crippen LogP contribution in [-0.4, -0.2) is 23.5 Å². The van der Waals surface area contributed by atoms with E-state index < -0.39 is 0 Å². The zero-order valence-electron chi connectivity index (χ0n) is 13.2. The summed E-state index contributed by atoms with van der Waals surface area (Å²) in [6.07, 6.45) is 4.71. The quantitative estimate of drug-likeness (QED) is 0.945. The molecule has 1 saturated carbocycles. The Labute approximate surface area is 135 Å². The Morgan fingerprint density at radius 3 is 2.96 bits per heavy atom. The molecular formula is C19H20N2O2. The molecule has 2 aliphatic rings. The zero-order valence-corrected chi connectivity index (χ0v) is 13.2. The van der Waals surface area contributed by atoms with Crippen LogP contribution in [0.1, 0.15) is 24.0 Å². The normalized spacial score (nSPS) is 19.1. The molecule has 1 aliphatic heterocycles. The minimum Gasteiger partial charge on any atom is -0.487 e. The maximum absolute atomic E-state index is 11.8. The number of hydrogen-bond acceptors (Lipinski definition) is 3. The Morgan fingerprint density at radius 2 is 2.17 bits per heavy atom. The number of hydrogen-bond donors (Lipinski definition) is 1. The number of benzene rings is 1. The molecule has 4 nitrogen and oxygen atoms in total. The highest BCUT2D eigenvalue weighted by Crippen LogP contribution is 2.39. The number of para-hydroxylation sites is 1. The van der Waals surface area contributed by atoms with E-state index in [9.17, 15) is 4.79 Å². The lowest BCUT2D eigenvalue weighted by Crippen LogP contribution is -2.35. The Morgan fingerprint density at radius 1 is 1.30 bits per heavy atom. The lowest BCUT2D eigenvalue weighted by Gasteiger charge is -2.14. The van der Waals surface area contributed by atoms with Crippen LogP contribution < -0.4 is 10.1 Å². The first-order valence-corrected chi connectivity index (χ1v) is 8.20. The number of carbonyl (C=O) groups excluding carboxylic acids is 1. The summed E-state index contributed by atoms with van der Waals surface area (Å²) in [6, 6.07) is 10.2. The average molecular weight is 308 g/mol. The van der Waals surface area contributed by atoms with Gasteiger partial charge in [0.1, 0.15) is 11.9 Å². The SMILES string of the molecule is Cc1cccnc1-c1cccc2c1OC(CNC(=O)C1CC1)C2. The molecule has 1 aliphatic carbocycles. The summed E-state index contributed by atoms with van der Waals surface area (Å²) in [5.41, 5.74) is 4.33. The smallest absolute Gasteiger partial charge is 0.223 e. The number of aromatic nitrogens is 1. The molecule has 0 radical (unpaired) electrons. The predicted molar refractivity (Wildman–Crippen MR) is 88.3 cm³/mol. The van der Waals surface area contributed by atoms with Crippen LogP contribution in [0.3, 0.4) is 0 Å². The van der Waals surface area contributed by atoms with Gasteiger partial charge in [0.05, 0.1) is 12.2 Å². The summed E-state index contributed by atoms with van der Waals surface area (Å²) >= 11 is 0. The van der Waals surface area contributed by atoms with Crippen LogP contribution in [0.2, 0.25) is 0 Å². The maximum Gasteiger partial charge on any atom is 0.223 e. The molecule has 2 aromatic rings. The molecule has 2 heterocycles. The first-order chi connectivity index (χ1) is 11.2. The van der Waals surface area contributed by atoms with Gasteiger partial charge in [0, 0.05) is 24.1 Å². The number of amides is 1. The van der Waals surface area contributed by atoms with E-state index in [-0.39, 0.29) is 17.9 Å². The lowest BCUT2D eigenvalue weighted by molar-refractivity contribution is -0.122. The van der Waals surface area contributed by atoms with Crippen LogP contribution in [0.15, 0.2) is 36.5 Å². The molecule has 1 unspecified atom stereocenters. The van der Waals surface area contributed by atoms with Crippen molar-refractivity contribution in [3.63, 3.8) is 0 Å². The Bertz CT molecular complexity index is 753. The number of fused-ring (bicyclic) bond motifs is 1. The van der Waals surface area contributed by atoms with Gasteiger partial charge in [0.2, 0.25) is 5.91 Å². The van der Waals surface area contributed by atoms with E-state index in [1.54, 1.807) is 0 Å². The second-order valence-corrected chi connectivity index (χ2v) is 6.43. The van der Waals surface area contributed by atoms with E-state index in [1.165, 1.54) is 5.56 Å². The van der Waals surface area contributed by atoms with Gasteiger partial charge in [-0.3, -0.25) is 9.78 Å². The third kappa shape index (κ3) is 2.81. The average Bonchev–Trinajstić information content (AvgIpc) is 3.32. The van der Waals surface area contributed by atoms with Crippen LogP contribution in [-0.2, 0) is 11.2 Å². The zero-order chi connectivity index (χ0) is 15.8. The van der Waals surface area contributed by atoms with Crippen molar-refractivity contribution in [2.24, 2.45) is 5.92 Å². The fourth-order valence-corrected chi connectivity index (χ4v) is 3.11. The van der Waals surface area contributed by atoms with Crippen molar-refractivity contribution < 1.29 is 9.53 Å². The predicted octanol–water partition coefficient (Wildman–Crippen LogP) is 2.89. The Balaban J connectivity index is 1.53.